The smallest absolute Gasteiger partial charge is 0.340 e. The number of ether oxygens (including phenoxy) is 2. The van der Waals surface area contributed by atoms with Gasteiger partial charge in [0, 0.05) is 28.8 Å². The molecule has 33 heavy (non-hydrogen) atoms. The topological polar surface area (TPSA) is 60.8 Å². The fourth-order valence-electron chi connectivity index (χ4n) is 4.30. The summed E-state index contributed by atoms with van der Waals surface area (Å²) in [6, 6.07) is 19.2. The molecule has 0 fully saturated rings. The molecule has 0 unspecified atom stereocenters. The Morgan fingerprint density at radius 1 is 0.909 bits per heavy atom. The molecule has 2 aromatic carbocycles. The van der Waals surface area contributed by atoms with E-state index in [1.54, 1.807) is 32.2 Å². The van der Waals surface area contributed by atoms with E-state index in [0.29, 0.717) is 22.7 Å². The lowest BCUT2D eigenvalue weighted by molar-refractivity contribution is -0.136. The summed E-state index contributed by atoms with van der Waals surface area (Å²) in [5, 5.41) is 0. The Balaban J connectivity index is 1.85. The van der Waals surface area contributed by atoms with Crippen molar-refractivity contribution in [3.8, 4) is 11.4 Å². The molecular formula is C27H26N2O4. The molecular weight excluding hydrogens is 416 g/mol. The summed E-state index contributed by atoms with van der Waals surface area (Å²) in [5.74, 6) is -0.211. The SMILES string of the molecule is COC(=O)C1=C(C)N(c2cccc(OC)c2)C(=O)C1=Cc1cc(C)n(-c2ccccc2)c1C. The number of benzene rings is 2. The first-order valence-electron chi connectivity index (χ1n) is 10.6. The minimum absolute atomic E-state index is 0.259. The zero-order chi connectivity index (χ0) is 23.7. The number of amides is 1. The Morgan fingerprint density at radius 3 is 2.27 bits per heavy atom. The summed E-state index contributed by atoms with van der Waals surface area (Å²) in [6.07, 6.45) is 1.78. The first kappa shape index (κ1) is 22.1. The van der Waals surface area contributed by atoms with Gasteiger partial charge in [-0.25, -0.2) is 4.79 Å². The standard InChI is InChI=1S/C27H26N2O4/c1-17-14-20(18(2)28(17)21-10-7-6-8-11-21)15-24-25(27(31)33-5)19(3)29(26(24)30)22-12-9-13-23(16-22)32-4/h6-16H,1-5H3. The fraction of sp³-hybridized carbons (Fsp3) is 0.185. The van der Waals surface area contributed by atoms with Crippen LogP contribution in [0.1, 0.15) is 23.9 Å². The number of carbonyl (C=O) groups excluding carboxylic acids is 2. The minimum atomic E-state index is -0.547. The van der Waals surface area contributed by atoms with E-state index >= 15 is 0 Å². The molecule has 1 amide bonds. The molecule has 4 rings (SSSR count). The molecule has 168 valence electrons. The van der Waals surface area contributed by atoms with Gasteiger partial charge in [-0.05, 0) is 62.7 Å². The third-order valence-corrected chi connectivity index (χ3v) is 5.89. The average Bonchev–Trinajstić information content (AvgIpc) is 3.25. The molecule has 1 aliphatic heterocycles. The van der Waals surface area contributed by atoms with E-state index in [0.717, 1.165) is 22.6 Å². The largest absolute Gasteiger partial charge is 0.497 e. The van der Waals surface area contributed by atoms with Crippen LogP contribution in [0.25, 0.3) is 11.8 Å². The first-order valence-corrected chi connectivity index (χ1v) is 10.6. The zero-order valence-electron chi connectivity index (χ0n) is 19.4. The predicted molar refractivity (Wildman–Crippen MR) is 128 cm³/mol. The molecule has 0 bridgehead atoms. The number of hydrogen-bond acceptors (Lipinski definition) is 4. The van der Waals surface area contributed by atoms with E-state index in [9.17, 15) is 9.59 Å². The van der Waals surface area contributed by atoms with Crippen LogP contribution in [0, 0.1) is 13.8 Å². The van der Waals surface area contributed by atoms with Gasteiger partial charge in [0.15, 0.2) is 0 Å². The van der Waals surface area contributed by atoms with Gasteiger partial charge in [-0.3, -0.25) is 9.69 Å². The molecule has 0 radical (unpaired) electrons. The minimum Gasteiger partial charge on any atom is -0.497 e. The summed E-state index contributed by atoms with van der Waals surface area (Å²) < 4.78 is 12.5. The number of para-hydroxylation sites is 1. The van der Waals surface area contributed by atoms with Crippen LogP contribution in [-0.2, 0) is 14.3 Å². The summed E-state index contributed by atoms with van der Waals surface area (Å²) in [5.41, 5.74) is 5.60. The lowest BCUT2D eigenvalue weighted by Gasteiger charge is -2.18. The maximum Gasteiger partial charge on any atom is 0.340 e. The van der Waals surface area contributed by atoms with Crippen LogP contribution in [0.4, 0.5) is 5.69 Å². The third kappa shape index (κ3) is 3.84. The van der Waals surface area contributed by atoms with Crippen LogP contribution in [0.15, 0.2) is 77.5 Å². The average molecular weight is 443 g/mol. The molecule has 0 saturated heterocycles. The Hall–Kier alpha value is -4.06. The van der Waals surface area contributed by atoms with E-state index < -0.39 is 5.97 Å². The van der Waals surface area contributed by atoms with Crippen LogP contribution in [0.5, 0.6) is 5.75 Å². The normalized spacial score (nSPS) is 14.9. The van der Waals surface area contributed by atoms with Crippen LogP contribution in [0.3, 0.4) is 0 Å². The number of rotatable bonds is 5. The van der Waals surface area contributed by atoms with Gasteiger partial charge in [0.05, 0.1) is 31.1 Å². The quantitative estimate of drug-likeness (QED) is 0.413. The molecule has 6 nitrogen and oxygen atoms in total. The van der Waals surface area contributed by atoms with Crippen molar-refractivity contribution in [2.75, 3.05) is 19.1 Å². The Morgan fingerprint density at radius 2 is 1.61 bits per heavy atom. The molecule has 1 aromatic heterocycles. The van der Waals surface area contributed by atoms with Gasteiger partial charge in [-0.2, -0.15) is 0 Å². The highest BCUT2D eigenvalue weighted by Crippen LogP contribution is 2.37. The number of aryl methyl sites for hydroxylation is 1. The van der Waals surface area contributed by atoms with Crippen LogP contribution in [-0.4, -0.2) is 30.7 Å². The molecule has 0 aliphatic carbocycles. The second kappa shape index (κ2) is 8.82. The number of hydrogen-bond donors (Lipinski definition) is 0. The highest BCUT2D eigenvalue weighted by atomic mass is 16.5. The third-order valence-electron chi connectivity index (χ3n) is 5.89. The monoisotopic (exact) mass is 442 g/mol. The number of esters is 1. The van der Waals surface area contributed by atoms with Gasteiger partial charge in [0.2, 0.25) is 0 Å². The van der Waals surface area contributed by atoms with E-state index in [-0.39, 0.29) is 11.5 Å². The van der Waals surface area contributed by atoms with Crippen molar-refractivity contribution in [2.24, 2.45) is 0 Å². The lowest BCUT2D eigenvalue weighted by atomic mass is 10.0. The lowest BCUT2D eigenvalue weighted by Crippen LogP contribution is -2.24. The Bertz CT molecular complexity index is 1300. The molecule has 0 saturated carbocycles. The Labute approximate surface area is 193 Å². The number of carbonyl (C=O) groups is 2. The van der Waals surface area contributed by atoms with Crippen molar-refractivity contribution < 1.29 is 19.1 Å². The number of allylic oxidation sites excluding steroid dienone is 1. The van der Waals surface area contributed by atoms with Gasteiger partial charge in [0.1, 0.15) is 5.75 Å². The number of aromatic nitrogens is 1. The molecule has 0 spiro atoms. The fourth-order valence-corrected chi connectivity index (χ4v) is 4.30. The van der Waals surface area contributed by atoms with E-state index in [4.69, 9.17) is 9.47 Å². The van der Waals surface area contributed by atoms with Crippen molar-refractivity contribution >= 4 is 23.6 Å². The number of nitrogens with zero attached hydrogens (tertiary/aromatic N) is 2. The molecule has 0 N–H and O–H groups in total. The van der Waals surface area contributed by atoms with Gasteiger partial charge < -0.3 is 14.0 Å². The van der Waals surface area contributed by atoms with Crippen molar-refractivity contribution in [3.63, 3.8) is 0 Å². The van der Waals surface area contributed by atoms with Crippen molar-refractivity contribution in [3.05, 3.63) is 94.5 Å². The zero-order valence-corrected chi connectivity index (χ0v) is 19.4. The van der Waals surface area contributed by atoms with E-state index in [2.05, 4.69) is 4.57 Å². The summed E-state index contributed by atoms with van der Waals surface area (Å²) in [7, 11) is 2.89. The molecule has 1 aliphatic rings. The summed E-state index contributed by atoms with van der Waals surface area (Å²) in [4.78, 5) is 27.8. The molecule has 3 aromatic rings. The summed E-state index contributed by atoms with van der Waals surface area (Å²) >= 11 is 0. The van der Waals surface area contributed by atoms with Gasteiger partial charge in [-0.15, -0.1) is 0 Å². The van der Waals surface area contributed by atoms with Gasteiger partial charge in [0.25, 0.3) is 5.91 Å². The maximum atomic E-state index is 13.6. The predicted octanol–water partition coefficient (Wildman–Crippen LogP) is 4.98. The maximum absolute atomic E-state index is 13.6. The van der Waals surface area contributed by atoms with Crippen LogP contribution >= 0.6 is 0 Å². The summed E-state index contributed by atoms with van der Waals surface area (Å²) in [6.45, 7) is 5.76. The van der Waals surface area contributed by atoms with E-state index in [1.165, 1.54) is 12.0 Å². The number of anilines is 1. The first-order chi connectivity index (χ1) is 15.9. The van der Waals surface area contributed by atoms with Crippen molar-refractivity contribution in [1.82, 2.24) is 4.57 Å². The molecule has 0 atom stereocenters. The second-order valence-electron chi connectivity index (χ2n) is 7.85. The van der Waals surface area contributed by atoms with Crippen LogP contribution in [0.2, 0.25) is 0 Å². The number of methoxy groups -OCH3 is 2. The molecule has 6 heteroatoms. The highest BCUT2D eigenvalue weighted by molar-refractivity contribution is 6.23. The van der Waals surface area contributed by atoms with Crippen molar-refractivity contribution in [2.45, 2.75) is 20.8 Å². The van der Waals surface area contributed by atoms with E-state index in [1.807, 2.05) is 62.4 Å². The Kier molecular flexibility index (Phi) is 5.92. The molecule has 2 heterocycles. The van der Waals surface area contributed by atoms with Gasteiger partial charge in [-0.1, -0.05) is 24.3 Å². The highest BCUT2D eigenvalue weighted by Gasteiger charge is 2.38. The second-order valence-corrected chi connectivity index (χ2v) is 7.85. The van der Waals surface area contributed by atoms with Crippen LogP contribution < -0.4 is 9.64 Å². The van der Waals surface area contributed by atoms with Gasteiger partial charge >= 0.3 is 5.97 Å². The van der Waals surface area contributed by atoms with Crippen molar-refractivity contribution in [1.29, 1.82) is 0 Å².